The first kappa shape index (κ1) is 22.7. The number of nitrogen functional groups attached to an aromatic ring is 1. The lowest BCUT2D eigenvalue weighted by atomic mass is 9.94. The van der Waals surface area contributed by atoms with E-state index in [9.17, 15) is 4.79 Å². The first-order valence-electron chi connectivity index (χ1n) is 10.2. The third-order valence-electron chi connectivity index (χ3n) is 5.40. The van der Waals surface area contributed by atoms with E-state index in [1.807, 2.05) is 43.3 Å². The van der Waals surface area contributed by atoms with E-state index in [1.54, 1.807) is 32.4 Å². The molecule has 3 N–H and O–H groups in total. The van der Waals surface area contributed by atoms with Crippen molar-refractivity contribution in [3.05, 3.63) is 95.1 Å². The van der Waals surface area contributed by atoms with Gasteiger partial charge in [-0.15, -0.1) is 0 Å². The standard InChI is InChI=1S/C27H28N2O3/c1-17-14-22(16-26(32-5)18(17)2)19(3)20-10-12-25(31-4)21(15-20)11-13-27(30)29-24-9-7-6-8-23(24)28/h6-16H,3,28H2,1-2,4-5H3,(H,29,30)/b13-11+. The van der Waals surface area contributed by atoms with Gasteiger partial charge >= 0.3 is 0 Å². The number of methoxy groups -OCH3 is 2. The zero-order chi connectivity index (χ0) is 23.3. The lowest BCUT2D eigenvalue weighted by molar-refractivity contribution is -0.111. The van der Waals surface area contributed by atoms with Crippen molar-refractivity contribution in [2.24, 2.45) is 0 Å². The number of ether oxygens (including phenoxy) is 2. The van der Waals surface area contributed by atoms with E-state index in [1.165, 1.54) is 6.08 Å². The van der Waals surface area contributed by atoms with Crippen LogP contribution in [0.5, 0.6) is 11.5 Å². The maximum absolute atomic E-state index is 12.4. The second-order valence-electron chi connectivity index (χ2n) is 7.47. The minimum absolute atomic E-state index is 0.284. The molecule has 0 spiro atoms. The van der Waals surface area contributed by atoms with Crippen LogP contribution in [0, 0.1) is 13.8 Å². The average molecular weight is 429 g/mol. The van der Waals surface area contributed by atoms with Crippen LogP contribution in [0.3, 0.4) is 0 Å². The number of carbonyl (C=O) groups is 1. The summed E-state index contributed by atoms with van der Waals surface area (Å²) in [6.07, 6.45) is 3.17. The fraction of sp³-hybridized carbons (Fsp3) is 0.148. The van der Waals surface area contributed by atoms with Gasteiger partial charge < -0.3 is 20.5 Å². The molecular formula is C27H28N2O3. The van der Waals surface area contributed by atoms with Gasteiger partial charge in [-0.2, -0.15) is 0 Å². The van der Waals surface area contributed by atoms with E-state index in [0.717, 1.165) is 39.1 Å². The third-order valence-corrected chi connectivity index (χ3v) is 5.40. The number of anilines is 2. The maximum atomic E-state index is 12.4. The van der Waals surface area contributed by atoms with Gasteiger partial charge in [-0.1, -0.05) is 30.8 Å². The molecule has 0 bridgehead atoms. The Labute approximate surface area is 189 Å². The minimum atomic E-state index is -0.284. The molecule has 5 nitrogen and oxygen atoms in total. The van der Waals surface area contributed by atoms with Crippen LogP contribution in [0.2, 0.25) is 0 Å². The number of benzene rings is 3. The smallest absolute Gasteiger partial charge is 0.248 e. The van der Waals surface area contributed by atoms with Gasteiger partial charge in [0.1, 0.15) is 11.5 Å². The van der Waals surface area contributed by atoms with Gasteiger partial charge in [0.05, 0.1) is 25.6 Å². The van der Waals surface area contributed by atoms with Gasteiger partial charge in [0, 0.05) is 11.6 Å². The number of carbonyl (C=O) groups excluding carboxylic acids is 1. The largest absolute Gasteiger partial charge is 0.496 e. The average Bonchev–Trinajstić information content (AvgIpc) is 2.80. The maximum Gasteiger partial charge on any atom is 0.248 e. The van der Waals surface area contributed by atoms with Crippen LogP contribution in [0.15, 0.2) is 67.3 Å². The summed E-state index contributed by atoms with van der Waals surface area (Å²) in [7, 11) is 3.26. The van der Waals surface area contributed by atoms with Crippen molar-refractivity contribution in [1.82, 2.24) is 0 Å². The van der Waals surface area contributed by atoms with Crippen molar-refractivity contribution in [3.8, 4) is 11.5 Å². The SMILES string of the molecule is C=C(c1ccc(OC)c(/C=C/C(=O)Nc2ccccc2N)c1)c1cc(C)c(C)c(OC)c1. The number of para-hydroxylation sites is 2. The van der Waals surface area contributed by atoms with Crippen LogP contribution in [0.1, 0.15) is 27.8 Å². The highest BCUT2D eigenvalue weighted by Gasteiger charge is 2.11. The number of aryl methyl sites for hydroxylation is 1. The molecule has 32 heavy (non-hydrogen) atoms. The Hall–Kier alpha value is -3.99. The van der Waals surface area contributed by atoms with Crippen molar-refractivity contribution in [2.45, 2.75) is 13.8 Å². The van der Waals surface area contributed by atoms with Crippen molar-refractivity contribution in [3.63, 3.8) is 0 Å². The summed E-state index contributed by atoms with van der Waals surface area (Å²) in [5.74, 6) is 1.20. The number of hydrogen-bond donors (Lipinski definition) is 2. The second kappa shape index (κ2) is 9.88. The second-order valence-corrected chi connectivity index (χ2v) is 7.47. The zero-order valence-electron chi connectivity index (χ0n) is 18.9. The van der Waals surface area contributed by atoms with Crippen LogP contribution in [0.25, 0.3) is 11.6 Å². The van der Waals surface area contributed by atoms with Crippen LogP contribution < -0.4 is 20.5 Å². The molecule has 0 aliphatic rings. The van der Waals surface area contributed by atoms with Crippen LogP contribution in [-0.2, 0) is 4.79 Å². The molecule has 0 aromatic heterocycles. The summed E-state index contributed by atoms with van der Waals surface area (Å²) < 4.78 is 11.0. The van der Waals surface area contributed by atoms with E-state index in [0.29, 0.717) is 17.1 Å². The summed E-state index contributed by atoms with van der Waals surface area (Å²) in [6, 6.07) is 17.0. The van der Waals surface area contributed by atoms with Gasteiger partial charge in [0.25, 0.3) is 0 Å². The Kier molecular flexibility index (Phi) is 7.00. The Bertz CT molecular complexity index is 1200. The Balaban J connectivity index is 1.88. The molecule has 0 heterocycles. The summed E-state index contributed by atoms with van der Waals surface area (Å²) in [4.78, 5) is 12.4. The van der Waals surface area contributed by atoms with Gasteiger partial charge in [-0.05, 0) is 78.1 Å². The van der Waals surface area contributed by atoms with E-state index >= 15 is 0 Å². The molecule has 0 aliphatic heterocycles. The topological polar surface area (TPSA) is 73.6 Å². The number of nitrogens with two attached hydrogens (primary N) is 1. The molecular weight excluding hydrogens is 400 g/mol. The number of hydrogen-bond acceptors (Lipinski definition) is 4. The summed E-state index contributed by atoms with van der Waals surface area (Å²) >= 11 is 0. The normalized spacial score (nSPS) is 10.8. The third kappa shape index (κ3) is 5.01. The molecule has 5 heteroatoms. The van der Waals surface area contributed by atoms with Gasteiger partial charge in [-0.3, -0.25) is 4.79 Å². The molecule has 3 rings (SSSR count). The highest BCUT2D eigenvalue weighted by atomic mass is 16.5. The van der Waals surface area contributed by atoms with E-state index in [-0.39, 0.29) is 5.91 Å². The molecule has 1 amide bonds. The van der Waals surface area contributed by atoms with Crippen molar-refractivity contribution in [1.29, 1.82) is 0 Å². The summed E-state index contributed by atoms with van der Waals surface area (Å²) in [5, 5.41) is 2.78. The Morgan fingerprint density at radius 2 is 1.69 bits per heavy atom. The lowest BCUT2D eigenvalue weighted by Crippen LogP contribution is -2.09. The number of amides is 1. The monoisotopic (exact) mass is 428 g/mol. The minimum Gasteiger partial charge on any atom is -0.496 e. The molecule has 0 aliphatic carbocycles. The summed E-state index contributed by atoms with van der Waals surface area (Å²) in [6.45, 7) is 8.37. The van der Waals surface area contributed by atoms with E-state index < -0.39 is 0 Å². The first-order chi connectivity index (χ1) is 15.3. The van der Waals surface area contributed by atoms with Gasteiger partial charge in [0.2, 0.25) is 5.91 Å². The van der Waals surface area contributed by atoms with Crippen molar-refractivity contribution in [2.75, 3.05) is 25.3 Å². The molecule has 0 radical (unpaired) electrons. The van der Waals surface area contributed by atoms with Gasteiger partial charge in [0.15, 0.2) is 0 Å². The molecule has 3 aromatic carbocycles. The van der Waals surface area contributed by atoms with E-state index in [4.69, 9.17) is 15.2 Å². The molecule has 0 saturated carbocycles. The predicted octanol–water partition coefficient (Wildman–Crippen LogP) is 5.62. The highest BCUT2D eigenvalue weighted by molar-refractivity contribution is 6.03. The Morgan fingerprint density at radius 1 is 0.969 bits per heavy atom. The fourth-order valence-corrected chi connectivity index (χ4v) is 3.38. The van der Waals surface area contributed by atoms with E-state index in [2.05, 4.69) is 24.9 Å². The zero-order valence-corrected chi connectivity index (χ0v) is 18.9. The van der Waals surface area contributed by atoms with Crippen LogP contribution >= 0.6 is 0 Å². The predicted molar refractivity (Wildman–Crippen MR) is 132 cm³/mol. The highest BCUT2D eigenvalue weighted by Crippen LogP contribution is 2.32. The molecule has 3 aromatic rings. The van der Waals surface area contributed by atoms with Crippen LogP contribution in [0.4, 0.5) is 11.4 Å². The molecule has 0 saturated heterocycles. The summed E-state index contributed by atoms with van der Waals surface area (Å²) in [5.41, 5.74) is 12.7. The molecule has 0 atom stereocenters. The number of nitrogens with one attached hydrogen (secondary N) is 1. The molecule has 0 unspecified atom stereocenters. The van der Waals surface area contributed by atoms with Crippen LogP contribution in [-0.4, -0.2) is 20.1 Å². The lowest BCUT2D eigenvalue weighted by Gasteiger charge is -2.14. The van der Waals surface area contributed by atoms with Gasteiger partial charge in [-0.25, -0.2) is 0 Å². The molecule has 0 fully saturated rings. The van der Waals surface area contributed by atoms with Crippen molar-refractivity contribution >= 4 is 28.9 Å². The van der Waals surface area contributed by atoms with Crippen molar-refractivity contribution < 1.29 is 14.3 Å². The Morgan fingerprint density at radius 3 is 2.38 bits per heavy atom. The molecule has 164 valence electrons. The fourth-order valence-electron chi connectivity index (χ4n) is 3.38. The quantitative estimate of drug-likeness (QED) is 0.379. The number of rotatable bonds is 7. The first-order valence-corrected chi connectivity index (χ1v) is 10.2.